The van der Waals surface area contributed by atoms with E-state index < -0.39 is 0 Å². The molecule has 2 aromatic carbocycles. The van der Waals surface area contributed by atoms with Crippen LogP contribution in [0.15, 0.2) is 54.6 Å². The van der Waals surface area contributed by atoms with Crippen molar-refractivity contribution < 1.29 is 9.47 Å². The van der Waals surface area contributed by atoms with E-state index in [1.54, 1.807) is 0 Å². The second kappa shape index (κ2) is 26.2. The zero-order valence-corrected chi connectivity index (χ0v) is 31.3. The van der Waals surface area contributed by atoms with E-state index in [0.717, 1.165) is 60.1 Å². The SMILES string of the molecule is CCCCCCCCCCCCCCOc1ccc(-c2cc(-c3ccc(OCCCCCCCCCCCCCC)cc3)n(C)n2)cc1. The molecule has 1 aromatic heterocycles. The van der Waals surface area contributed by atoms with E-state index in [1.165, 1.54) is 141 Å². The Morgan fingerprint density at radius 2 is 0.771 bits per heavy atom. The van der Waals surface area contributed by atoms with Crippen LogP contribution in [-0.4, -0.2) is 23.0 Å². The Morgan fingerprint density at radius 1 is 0.438 bits per heavy atom. The van der Waals surface area contributed by atoms with Gasteiger partial charge in [-0.2, -0.15) is 5.10 Å². The third-order valence-electron chi connectivity index (χ3n) is 9.71. The molecule has 48 heavy (non-hydrogen) atoms. The lowest BCUT2D eigenvalue weighted by Crippen LogP contribution is -1.98. The van der Waals surface area contributed by atoms with Gasteiger partial charge in [-0.3, -0.25) is 4.68 Å². The van der Waals surface area contributed by atoms with Gasteiger partial charge in [0.05, 0.1) is 24.6 Å². The summed E-state index contributed by atoms with van der Waals surface area (Å²) in [7, 11) is 2.02. The lowest BCUT2D eigenvalue weighted by atomic mass is 10.1. The fraction of sp³-hybridized carbons (Fsp3) is 0.659. The van der Waals surface area contributed by atoms with Crippen molar-refractivity contribution in [2.24, 2.45) is 7.05 Å². The van der Waals surface area contributed by atoms with E-state index >= 15 is 0 Å². The smallest absolute Gasteiger partial charge is 0.119 e. The van der Waals surface area contributed by atoms with Crippen molar-refractivity contribution in [1.82, 2.24) is 9.78 Å². The largest absolute Gasteiger partial charge is 0.494 e. The molecule has 0 atom stereocenters. The topological polar surface area (TPSA) is 36.3 Å². The molecular weight excluding hydrogens is 588 g/mol. The van der Waals surface area contributed by atoms with Crippen LogP contribution in [0.2, 0.25) is 0 Å². The minimum atomic E-state index is 0.795. The van der Waals surface area contributed by atoms with Crippen molar-refractivity contribution in [3.8, 4) is 34.0 Å². The van der Waals surface area contributed by atoms with E-state index in [4.69, 9.17) is 14.6 Å². The lowest BCUT2D eigenvalue weighted by molar-refractivity contribution is 0.304. The van der Waals surface area contributed by atoms with Crippen LogP contribution in [0.25, 0.3) is 22.5 Å². The van der Waals surface area contributed by atoms with E-state index in [2.05, 4.69) is 68.4 Å². The molecule has 0 fully saturated rings. The molecule has 0 radical (unpaired) electrons. The monoisotopic (exact) mass is 659 g/mol. The van der Waals surface area contributed by atoms with Crippen LogP contribution in [-0.2, 0) is 7.05 Å². The molecule has 4 heteroatoms. The highest BCUT2D eigenvalue weighted by molar-refractivity contribution is 5.69. The number of nitrogens with zero attached hydrogens (tertiary/aromatic N) is 2. The number of aromatic nitrogens is 2. The van der Waals surface area contributed by atoms with Crippen LogP contribution in [0.4, 0.5) is 0 Å². The van der Waals surface area contributed by atoms with Crippen LogP contribution in [0.1, 0.15) is 168 Å². The van der Waals surface area contributed by atoms with Gasteiger partial charge in [0.2, 0.25) is 0 Å². The fourth-order valence-electron chi connectivity index (χ4n) is 6.59. The molecule has 3 rings (SSSR count). The summed E-state index contributed by atoms with van der Waals surface area (Å²) >= 11 is 0. The van der Waals surface area contributed by atoms with Crippen molar-refractivity contribution in [3.05, 3.63) is 54.6 Å². The van der Waals surface area contributed by atoms with Crippen LogP contribution < -0.4 is 9.47 Å². The van der Waals surface area contributed by atoms with Gasteiger partial charge < -0.3 is 9.47 Å². The van der Waals surface area contributed by atoms with Gasteiger partial charge in [0.15, 0.2) is 0 Å². The predicted molar refractivity (Wildman–Crippen MR) is 207 cm³/mol. The summed E-state index contributed by atoms with van der Waals surface area (Å²) < 4.78 is 14.1. The summed E-state index contributed by atoms with van der Waals surface area (Å²) in [6.45, 7) is 6.17. The second-order valence-corrected chi connectivity index (χ2v) is 14.1. The molecule has 0 aliphatic rings. The summed E-state index contributed by atoms with van der Waals surface area (Å²) in [5.41, 5.74) is 4.34. The average molecular weight is 659 g/mol. The molecule has 0 unspecified atom stereocenters. The zero-order chi connectivity index (χ0) is 33.9. The van der Waals surface area contributed by atoms with Gasteiger partial charge in [0.1, 0.15) is 11.5 Å². The van der Waals surface area contributed by atoms with Crippen molar-refractivity contribution in [1.29, 1.82) is 0 Å². The summed E-state index contributed by atoms with van der Waals surface area (Å²) in [6.07, 6.45) is 32.7. The molecule has 0 bridgehead atoms. The first-order chi connectivity index (χ1) is 23.7. The molecule has 0 aliphatic carbocycles. The second-order valence-electron chi connectivity index (χ2n) is 14.1. The van der Waals surface area contributed by atoms with Gasteiger partial charge in [-0.05, 0) is 67.4 Å². The van der Waals surface area contributed by atoms with E-state index in [-0.39, 0.29) is 0 Å². The maximum Gasteiger partial charge on any atom is 0.119 e. The molecule has 0 aliphatic heterocycles. The summed E-state index contributed by atoms with van der Waals surface area (Å²) in [5.74, 6) is 1.89. The molecule has 0 N–H and O–H groups in total. The Balaban J connectivity index is 1.26. The highest BCUT2D eigenvalue weighted by atomic mass is 16.5. The molecule has 0 saturated carbocycles. The number of hydrogen-bond acceptors (Lipinski definition) is 3. The standard InChI is InChI=1S/C44H70N2O2/c1-4-6-8-10-12-14-16-18-20-22-24-26-36-47-41-32-28-39(29-33-41)43-38-44(46(3)45-43)40-30-34-42(35-31-40)48-37-27-25-23-21-19-17-15-13-11-9-7-5-2/h28-35,38H,4-27,36-37H2,1-3H3. The first-order valence-corrected chi connectivity index (χ1v) is 20.2. The summed E-state index contributed by atoms with van der Waals surface area (Å²) in [5, 5.41) is 4.81. The van der Waals surface area contributed by atoms with Crippen LogP contribution in [0.5, 0.6) is 11.5 Å². The number of hydrogen-bond donors (Lipinski definition) is 0. The zero-order valence-electron chi connectivity index (χ0n) is 31.3. The highest BCUT2D eigenvalue weighted by Gasteiger charge is 2.10. The van der Waals surface area contributed by atoms with Gasteiger partial charge in [-0.1, -0.05) is 155 Å². The Kier molecular flexibility index (Phi) is 21.6. The molecule has 0 saturated heterocycles. The third-order valence-corrected chi connectivity index (χ3v) is 9.71. The Bertz CT molecular complexity index is 1170. The summed E-state index contributed by atoms with van der Waals surface area (Å²) in [4.78, 5) is 0. The first kappa shape index (κ1) is 39.7. The number of ether oxygens (including phenoxy) is 2. The van der Waals surface area contributed by atoms with Crippen LogP contribution >= 0.6 is 0 Å². The lowest BCUT2D eigenvalue weighted by Gasteiger charge is -2.08. The maximum absolute atomic E-state index is 6.05. The normalized spacial score (nSPS) is 11.3. The predicted octanol–water partition coefficient (Wildman–Crippen LogP) is 13.9. The summed E-state index contributed by atoms with van der Waals surface area (Å²) in [6, 6.07) is 19.0. The van der Waals surface area contributed by atoms with Gasteiger partial charge in [-0.25, -0.2) is 0 Å². The Morgan fingerprint density at radius 3 is 1.15 bits per heavy atom. The first-order valence-electron chi connectivity index (χ1n) is 20.2. The van der Waals surface area contributed by atoms with Gasteiger partial charge in [-0.15, -0.1) is 0 Å². The molecule has 4 nitrogen and oxygen atoms in total. The fourth-order valence-corrected chi connectivity index (χ4v) is 6.59. The third kappa shape index (κ3) is 17.1. The number of benzene rings is 2. The number of unbranched alkanes of at least 4 members (excludes halogenated alkanes) is 22. The van der Waals surface area contributed by atoms with Crippen molar-refractivity contribution in [2.45, 2.75) is 168 Å². The number of aryl methyl sites for hydroxylation is 1. The van der Waals surface area contributed by atoms with Crippen molar-refractivity contribution in [2.75, 3.05) is 13.2 Å². The molecule has 0 amide bonds. The quantitative estimate of drug-likeness (QED) is 0.0669. The van der Waals surface area contributed by atoms with Crippen LogP contribution in [0.3, 0.4) is 0 Å². The Labute approximate surface area is 295 Å². The van der Waals surface area contributed by atoms with Crippen molar-refractivity contribution in [3.63, 3.8) is 0 Å². The van der Waals surface area contributed by atoms with Gasteiger partial charge in [0.25, 0.3) is 0 Å². The van der Waals surface area contributed by atoms with Gasteiger partial charge >= 0.3 is 0 Å². The molecule has 0 spiro atoms. The van der Waals surface area contributed by atoms with Crippen LogP contribution in [0, 0.1) is 0 Å². The van der Waals surface area contributed by atoms with E-state index in [9.17, 15) is 0 Å². The minimum absolute atomic E-state index is 0.795. The van der Waals surface area contributed by atoms with E-state index in [0.29, 0.717) is 0 Å². The minimum Gasteiger partial charge on any atom is -0.494 e. The molecule has 268 valence electrons. The molecule has 1 heterocycles. The molecule has 3 aromatic rings. The van der Waals surface area contributed by atoms with Crippen molar-refractivity contribution >= 4 is 0 Å². The Hall–Kier alpha value is -2.75. The number of rotatable bonds is 30. The van der Waals surface area contributed by atoms with E-state index in [1.807, 2.05) is 11.7 Å². The molecular formula is C44H70N2O2. The highest BCUT2D eigenvalue weighted by Crippen LogP contribution is 2.28. The average Bonchev–Trinajstić information content (AvgIpc) is 3.50. The maximum atomic E-state index is 6.05. The van der Waals surface area contributed by atoms with Gasteiger partial charge in [0, 0.05) is 18.2 Å².